The van der Waals surface area contributed by atoms with Gasteiger partial charge in [-0.05, 0) is 79.8 Å². The van der Waals surface area contributed by atoms with Gasteiger partial charge in [0.1, 0.15) is 0 Å². The number of nitrogens with one attached hydrogen (secondary N) is 2. The Kier molecular flexibility index (Phi) is 22.0. The van der Waals surface area contributed by atoms with Crippen molar-refractivity contribution >= 4 is 46.4 Å². The molecule has 0 aliphatic carbocycles. The summed E-state index contributed by atoms with van der Waals surface area (Å²) < 4.78 is 4.71. The minimum atomic E-state index is 0. The maximum atomic E-state index is 7.00. The van der Waals surface area contributed by atoms with Gasteiger partial charge in [0.05, 0.1) is 35.5 Å². The fraction of sp³-hybridized carbons (Fsp3) is 0.212. The van der Waals surface area contributed by atoms with Gasteiger partial charge in [0.2, 0.25) is 0 Å². The summed E-state index contributed by atoms with van der Waals surface area (Å²) in [6, 6.07) is 28.9. The van der Waals surface area contributed by atoms with E-state index in [0.29, 0.717) is 6.10 Å². The summed E-state index contributed by atoms with van der Waals surface area (Å²) in [6.45, 7) is 3.04. The molecule has 0 spiro atoms. The minimum absolute atomic E-state index is 0. The summed E-state index contributed by atoms with van der Waals surface area (Å²) in [5, 5.41) is 28.0. The fourth-order valence-electron chi connectivity index (χ4n) is 3.38. The third-order valence-corrected chi connectivity index (χ3v) is 5.15. The maximum absolute atomic E-state index is 7.00. The number of fused-ring (bicyclic) bond motifs is 8. The molecule has 4 aromatic rings. The van der Waals surface area contributed by atoms with Gasteiger partial charge in [-0.1, -0.05) is 0 Å². The number of epoxide rings is 1. The van der Waals surface area contributed by atoms with Crippen molar-refractivity contribution in [3.63, 3.8) is 0 Å². The quantitative estimate of drug-likeness (QED) is 0.0991. The van der Waals surface area contributed by atoms with Crippen molar-refractivity contribution in [2.45, 2.75) is 13.0 Å². The molecule has 3 aliphatic rings. The van der Waals surface area contributed by atoms with Crippen molar-refractivity contribution in [2.24, 2.45) is 0 Å². The van der Waals surface area contributed by atoms with E-state index in [0.717, 1.165) is 79.9 Å². The van der Waals surface area contributed by atoms with Gasteiger partial charge in [-0.25, -0.2) is 9.97 Å². The Morgan fingerprint density at radius 3 is 1.21 bits per heavy atom. The number of rotatable bonds is 0. The second kappa shape index (κ2) is 24.0. The number of aliphatic hydroxyl groups excluding tert-OH is 4. The van der Waals surface area contributed by atoms with Crippen LogP contribution in [0.5, 0.6) is 0 Å². The Balaban J connectivity index is 0.000000771. The number of ether oxygens (including phenoxy) is 1. The van der Waals surface area contributed by atoms with Gasteiger partial charge < -0.3 is 35.1 Å². The smallest absolute Gasteiger partial charge is 0.0781 e. The van der Waals surface area contributed by atoms with Crippen molar-refractivity contribution in [3.05, 3.63) is 108 Å². The van der Waals surface area contributed by atoms with E-state index in [9.17, 15) is 0 Å². The number of H-pyrrole nitrogens is 2. The molecule has 1 unspecified atom stereocenters. The summed E-state index contributed by atoms with van der Waals surface area (Å²) in [4.78, 5) is 16.0. The van der Waals surface area contributed by atoms with Crippen molar-refractivity contribution in [3.8, 4) is 0 Å². The number of aliphatic hydroxyl groups is 4. The van der Waals surface area contributed by atoms with Crippen LogP contribution in [-0.4, -0.2) is 81.5 Å². The van der Waals surface area contributed by atoms with E-state index < -0.39 is 0 Å². The zero-order valence-corrected chi connectivity index (χ0v) is 27.6. The van der Waals surface area contributed by atoms with E-state index in [-0.39, 0.29) is 26.2 Å². The molecule has 43 heavy (non-hydrogen) atoms. The molecule has 7 rings (SSSR count). The molecule has 1 atom stereocenters. The third kappa shape index (κ3) is 15.5. The van der Waals surface area contributed by atoms with Crippen LogP contribution in [0.1, 0.15) is 29.7 Å². The Hall–Kier alpha value is -3.50. The monoisotopic (exact) mass is 663 g/mol. The van der Waals surface area contributed by atoms with Crippen LogP contribution in [0.25, 0.3) is 46.4 Å². The second-order valence-electron chi connectivity index (χ2n) is 8.13. The SMILES string of the molecule is C1=Cc2cc3ccc(cc4ccc(cc5nc(cc1n2)C=C5)[nH]4)[nH]3.CC1CO1.CO.CO.CO.CO.[Zr].[c-]1ccccc1. The van der Waals surface area contributed by atoms with Crippen LogP contribution in [0.4, 0.5) is 0 Å². The molecule has 228 valence electrons. The van der Waals surface area contributed by atoms with Gasteiger partial charge in [0, 0.05) is 76.7 Å². The minimum Gasteiger partial charge on any atom is -0.400 e. The van der Waals surface area contributed by atoms with Crippen molar-refractivity contribution in [2.75, 3.05) is 35.0 Å². The molecule has 1 fully saturated rings. The molecule has 1 aromatic carbocycles. The average Bonchev–Trinajstić information content (AvgIpc) is 3.50. The number of aromatic nitrogens is 4. The molecular formula is C33H41N4O5Zr-. The number of aromatic amines is 2. The Bertz CT molecular complexity index is 1380. The normalized spacial score (nSPS) is 12.4. The van der Waals surface area contributed by atoms with E-state index >= 15 is 0 Å². The molecular weight excluding hydrogens is 624 g/mol. The van der Waals surface area contributed by atoms with E-state index in [1.807, 2.05) is 72.8 Å². The number of hydrogen-bond donors (Lipinski definition) is 6. The van der Waals surface area contributed by atoms with Crippen LogP contribution in [0, 0.1) is 6.07 Å². The largest absolute Gasteiger partial charge is 0.400 e. The molecule has 3 aromatic heterocycles. The first-order valence-electron chi connectivity index (χ1n) is 13.1. The molecule has 0 radical (unpaired) electrons. The molecule has 3 aliphatic heterocycles. The second-order valence-corrected chi connectivity index (χ2v) is 8.13. The van der Waals surface area contributed by atoms with Gasteiger partial charge in [-0.2, -0.15) is 36.4 Å². The van der Waals surface area contributed by atoms with Crippen LogP contribution in [-0.2, 0) is 30.9 Å². The predicted molar refractivity (Wildman–Crippen MR) is 172 cm³/mol. The zero-order chi connectivity index (χ0) is 31.2. The van der Waals surface area contributed by atoms with E-state index in [1.54, 1.807) is 0 Å². The van der Waals surface area contributed by atoms with E-state index in [4.69, 9.17) is 25.2 Å². The Morgan fingerprint density at radius 2 is 0.930 bits per heavy atom. The van der Waals surface area contributed by atoms with Crippen molar-refractivity contribution in [1.29, 1.82) is 0 Å². The maximum Gasteiger partial charge on any atom is 0.0781 e. The molecule has 0 saturated carbocycles. The molecule has 1 saturated heterocycles. The van der Waals surface area contributed by atoms with Crippen LogP contribution < -0.4 is 0 Å². The Labute approximate surface area is 272 Å². The van der Waals surface area contributed by atoms with Gasteiger partial charge in [0.25, 0.3) is 0 Å². The van der Waals surface area contributed by atoms with E-state index in [1.165, 1.54) is 0 Å². The van der Waals surface area contributed by atoms with Crippen LogP contribution in [0.15, 0.2) is 78.9 Å². The summed E-state index contributed by atoms with van der Waals surface area (Å²) >= 11 is 0. The van der Waals surface area contributed by atoms with Gasteiger partial charge in [0.15, 0.2) is 0 Å². The summed E-state index contributed by atoms with van der Waals surface area (Å²) in [7, 11) is 4.00. The molecule has 9 nitrogen and oxygen atoms in total. The Morgan fingerprint density at radius 1 is 0.605 bits per heavy atom. The first-order valence-corrected chi connectivity index (χ1v) is 13.1. The summed E-state index contributed by atoms with van der Waals surface area (Å²) in [5.41, 5.74) is 7.86. The molecule has 8 bridgehead atoms. The van der Waals surface area contributed by atoms with Gasteiger partial charge in [-0.3, -0.25) is 0 Å². The predicted octanol–water partition coefficient (Wildman–Crippen LogP) is 4.98. The first-order chi connectivity index (χ1) is 20.7. The number of nitrogens with zero attached hydrogens (tertiary/aromatic N) is 2. The van der Waals surface area contributed by atoms with Crippen LogP contribution >= 0.6 is 0 Å². The third-order valence-electron chi connectivity index (χ3n) is 5.15. The molecule has 10 heteroatoms. The zero-order valence-electron chi connectivity index (χ0n) is 25.2. The number of hydrogen-bond acceptors (Lipinski definition) is 7. The topological polar surface area (TPSA) is 151 Å². The number of benzene rings is 1. The van der Waals surface area contributed by atoms with Gasteiger partial charge in [-0.15, -0.1) is 0 Å². The summed E-state index contributed by atoms with van der Waals surface area (Å²) in [5.74, 6) is 0. The molecule has 6 heterocycles. The average molecular weight is 665 g/mol. The fourth-order valence-corrected chi connectivity index (χ4v) is 3.38. The standard InChI is InChI=1S/C20H14N4.C6H5.C3H6O.4CH4O.Zr/c1-2-14-10-16-5-6-18(23-16)12-20-8-7-19(24-20)11-17-4-3-15(22-17)9-13(1)21-14;1-2-4-6-5-3-1;1-3-2-4-3;4*1-2;/h1-12,21-22H;1-5H;3H,2H2,1H3;4*2H,1H3;/q;-1;;;;;;. The molecule has 0 amide bonds. The van der Waals surface area contributed by atoms with Gasteiger partial charge >= 0.3 is 0 Å². The first kappa shape index (κ1) is 39.5. The van der Waals surface area contributed by atoms with Crippen LogP contribution in [0.3, 0.4) is 0 Å². The molecule has 6 N–H and O–H groups in total. The van der Waals surface area contributed by atoms with Crippen LogP contribution in [0.2, 0.25) is 0 Å². The van der Waals surface area contributed by atoms with Crippen molar-refractivity contribution in [1.82, 2.24) is 19.9 Å². The van der Waals surface area contributed by atoms with Crippen molar-refractivity contribution < 1.29 is 51.4 Å². The summed E-state index contributed by atoms with van der Waals surface area (Å²) in [6.07, 6.45) is 8.63. The van der Waals surface area contributed by atoms with E-state index in [2.05, 4.69) is 63.3 Å².